The summed E-state index contributed by atoms with van der Waals surface area (Å²) < 4.78 is 47.0. The second-order valence-electron chi connectivity index (χ2n) is 6.82. The van der Waals surface area contributed by atoms with Crippen molar-refractivity contribution < 1.29 is 32.5 Å². The second-order valence-corrected chi connectivity index (χ2v) is 6.82. The summed E-state index contributed by atoms with van der Waals surface area (Å²) in [6.07, 6.45) is -3.26. The van der Waals surface area contributed by atoms with Crippen LogP contribution in [-0.2, 0) is 17.8 Å². The number of nitrogens with one attached hydrogen (secondary N) is 1. The summed E-state index contributed by atoms with van der Waals surface area (Å²) in [5.41, 5.74) is 3.59. The van der Waals surface area contributed by atoms with Gasteiger partial charge in [0.1, 0.15) is 11.5 Å². The molecule has 160 valence electrons. The van der Waals surface area contributed by atoms with E-state index in [9.17, 15) is 23.1 Å². The van der Waals surface area contributed by atoms with Crippen LogP contribution in [0.3, 0.4) is 0 Å². The molecule has 1 unspecified atom stereocenters. The van der Waals surface area contributed by atoms with Gasteiger partial charge >= 0.3 is 6.36 Å². The van der Waals surface area contributed by atoms with Crippen LogP contribution in [0.1, 0.15) is 36.1 Å². The first-order valence-electron chi connectivity index (χ1n) is 9.49. The minimum atomic E-state index is -4.76. The molecular formula is C22H22F3NO4. The van der Waals surface area contributed by atoms with E-state index in [0.717, 1.165) is 22.8 Å². The molecule has 0 spiro atoms. The number of hydrogen-bond acceptors (Lipinski definition) is 4. The average Bonchev–Trinajstić information content (AvgIpc) is 3.19. The number of amides is 1. The Kier molecular flexibility index (Phi) is 6.36. The van der Waals surface area contributed by atoms with Crippen molar-refractivity contribution in [3.05, 3.63) is 59.7 Å². The van der Waals surface area contributed by atoms with Gasteiger partial charge in [0, 0.05) is 24.1 Å². The van der Waals surface area contributed by atoms with E-state index in [0.29, 0.717) is 36.3 Å². The van der Waals surface area contributed by atoms with Gasteiger partial charge < -0.3 is 19.9 Å². The zero-order valence-corrected chi connectivity index (χ0v) is 16.4. The van der Waals surface area contributed by atoms with E-state index in [1.165, 1.54) is 24.3 Å². The Hall–Kier alpha value is -3.00. The third kappa shape index (κ3) is 4.76. The van der Waals surface area contributed by atoms with Crippen molar-refractivity contribution in [3.63, 3.8) is 0 Å². The van der Waals surface area contributed by atoms with Gasteiger partial charge in [-0.3, -0.25) is 4.79 Å². The number of halogens is 3. The summed E-state index contributed by atoms with van der Waals surface area (Å²) in [4.78, 5) is 11.7. The molecule has 5 nitrogen and oxygen atoms in total. The molecule has 30 heavy (non-hydrogen) atoms. The Morgan fingerprint density at radius 3 is 2.67 bits per heavy atom. The minimum absolute atomic E-state index is 0.173. The molecule has 1 aliphatic rings. The first-order valence-corrected chi connectivity index (χ1v) is 9.49. The van der Waals surface area contributed by atoms with Gasteiger partial charge in [0.25, 0.3) is 0 Å². The lowest BCUT2D eigenvalue weighted by Gasteiger charge is -2.21. The van der Waals surface area contributed by atoms with Crippen LogP contribution in [0.5, 0.6) is 11.5 Å². The molecule has 3 rings (SSSR count). The Labute approximate surface area is 172 Å². The number of aliphatic hydroxyl groups is 1. The van der Waals surface area contributed by atoms with Crippen LogP contribution in [0.25, 0.3) is 11.1 Å². The van der Waals surface area contributed by atoms with Crippen molar-refractivity contribution in [1.82, 2.24) is 5.32 Å². The van der Waals surface area contributed by atoms with E-state index >= 15 is 0 Å². The lowest BCUT2D eigenvalue weighted by atomic mass is 9.89. The molecule has 0 saturated carbocycles. The predicted molar refractivity (Wildman–Crippen MR) is 105 cm³/mol. The van der Waals surface area contributed by atoms with Crippen LogP contribution in [0.4, 0.5) is 13.2 Å². The largest absolute Gasteiger partial charge is 0.573 e. The Morgan fingerprint density at radius 1 is 1.37 bits per heavy atom. The normalized spacial score (nSPS) is 13.9. The summed E-state index contributed by atoms with van der Waals surface area (Å²) in [7, 11) is 0. The molecule has 1 aliphatic heterocycles. The summed E-state index contributed by atoms with van der Waals surface area (Å²) in [5, 5.41) is 13.3. The number of alkyl halides is 3. The van der Waals surface area contributed by atoms with Crippen molar-refractivity contribution in [2.45, 2.75) is 38.8 Å². The minimum Gasteiger partial charge on any atom is -0.492 e. The molecule has 0 fully saturated rings. The Balaban J connectivity index is 2.05. The molecule has 2 aromatic rings. The molecule has 0 bridgehead atoms. The highest BCUT2D eigenvalue weighted by atomic mass is 19.4. The first-order chi connectivity index (χ1) is 14.2. The van der Waals surface area contributed by atoms with Gasteiger partial charge in [0.05, 0.1) is 12.7 Å². The van der Waals surface area contributed by atoms with E-state index in [1.54, 1.807) is 6.07 Å². The quantitative estimate of drug-likeness (QED) is 0.649. The van der Waals surface area contributed by atoms with Gasteiger partial charge in [0.2, 0.25) is 5.91 Å². The Morgan fingerprint density at radius 2 is 2.07 bits per heavy atom. The lowest BCUT2D eigenvalue weighted by molar-refractivity contribution is -0.274. The molecule has 0 aliphatic carbocycles. The zero-order chi connectivity index (χ0) is 21.9. The van der Waals surface area contributed by atoms with Crippen molar-refractivity contribution >= 4 is 5.91 Å². The summed E-state index contributed by atoms with van der Waals surface area (Å²) in [6, 6.07) is 7.29. The number of fused-ring (bicyclic) bond motifs is 1. The van der Waals surface area contributed by atoms with Crippen molar-refractivity contribution in [1.29, 1.82) is 0 Å². The number of rotatable bonds is 7. The van der Waals surface area contributed by atoms with E-state index < -0.39 is 12.5 Å². The maximum atomic E-state index is 12.4. The van der Waals surface area contributed by atoms with Crippen molar-refractivity contribution in [3.8, 4) is 22.6 Å². The van der Waals surface area contributed by atoms with Crippen LogP contribution >= 0.6 is 0 Å². The average molecular weight is 421 g/mol. The molecule has 0 saturated heterocycles. The van der Waals surface area contributed by atoms with Gasteiger partial charge in [-0.15, -0.1) is 13.2 Å². The van der Waals surface area contributed by atoms with Crippen LogP contribution in [-0.4, -0.2) is 24.0 Å². The summed E-state index contributed by atoms with van der Waals surface area (Å²) >= 11 is 0. The highest BCUT2D eigenvalue weighted by Gasteiger charge is 2.31. The molecule has 8 heteroatoms. The zero-order valence-electron chi connectivity index (χ0n) is 16.4. The van der Waals surface area contributed by atoms with Gasteiger partial charge in [-0.1, -0.05) is 25.6 Å². The van der Waals surface area contributed by atoms with Crippen LogP contribution in [0.15, 0.2) is 43.0 Å². The molecule has 1 atom stereocenters. The maximum Gasteiger partial charge on any atom is 0.573 e. The van der Waals surface area contributed by atoms with E-state index in [2.05, 4.69) is 16.6 Å². The number of carbonyl (C=O) groups excluding carboxylic acids is 1. The molecule has 1 heterocycles. The van der Waals surface area contributed by atoms with E-state index in [4.69, 9.17) is 4.74 Å². The molecule has 2 N–H and O–H groups in total. The van der Waals surface area contributed by atoms with Crippen LogP contribution in [0, 0.1) is 0 Å². The van der Waals surface area contributed by atoms with Gasteiger partial charge in [-0.25, -0.2) is 0 Å². The number of carbonyl (C=O) groups is 1. The van der Waals surface area contributed by atoms with E-state index in [1.807, 2.05) is 6.92 Å². The molecule has 2 aromatic carbocycles. The standard InChI is InChI=1S/C22H22F3NO4/c1-3-18(27)20-14(12-26-19(28)4-2)11-17(21-16(20)9-10-29-21)13-5-7-15(8-6-13)30-22(23,24)25/h4-8,11,18,27H,2-3,9-10,12H2,1H3,(H,26,28). The highest BCUT2D eigenvalue weighted by molar-refractivity contribution is 5.87. The molecular weight excluding hydrogens is 399 g/mol. The topological polar surface area (TPSA) is 67.8 Å². The van der Waals surface area contributed by atoms with Crippen LogP contribution < -0.4 is 14.8 Å². The molecule has 0 radical (unpaired) electrons. The summed E-state index contributed by atoms with van der Waals surface area (Å²) in [6.45, 7) is 5.89. The first kappa shape index (κ1) is 21.7. The number of aliphatic hydroxyl groups excluding tert-OH is 1. The summed E-state index contributed by atoms with van der Waals surface area (Å²) in [5.74, 6) is -0.0695. The number of ether oxygens (including phenoxy) is 2. The van der Waals surface area contributed by atoms with E-state index in [-0.39, 0.29) is 18.2 Å². The Bertz CT molecular complexity index is 939. The van der Waals surface area contributed by atoms with Crippen molar-refractivity contribution in [2.24, 2.45) is 0 Å². The molecule has 0 aromatic heterocycles. The molecule has 1 amide bonds. The van der Waals surface area contributed by atoms with Crippen molar-refractivity contribution in [2.75, 3.05) is 6.61 Å². The predicted octanol–water partition coefficient (Wildman–Crippen LogP) is 4.43. The SMILES string of the molecule is C=CC(=O)NCc1cc(-c2ccc(OC(F)(F)F)cc2)c2c(c1C(O)CC)CCO2. The highest BCUT2D eigenvalue weighted by Crippen LogP contribution is 2.43. The monoisotopic (exact) mass is 421 g/mol. The third-order valence-electron chi connectivity index (χ3n) is 4.86. The van der Waals surface area contributed by atoms with Gasteiger partial charge in [-0.2, -0.15) is 0 Å². The number of hydrogen-bond donors (Lipinski definition) is 2. The van der Waals surface area contributed by atoms with Gasteiger partial charge in [-0.05, 0) is 47.4 Å². The fourth-order valence-corrected chi connectivity index (χ4v) is 3.54. The maximum absolute atomic E-state index is 12.4. The smallest absolute Gasteiger partial charge is 0.492 e. The number of benzene rings is 2. The fraction of sp³-hybridized carbons (Fsp3) is 0.318. The van der Waals surface area contributed by atoms with Crippen LogP contribution in [0.2, 0.25) is 0 Å². The third-order valence-corrected chi connectivity index (χ3v) is 4.86. The fourth-order valence-electron chi connectivity index (χ4n) is 3.54. The second kappa shape index (κ2) is 8.79. The lowest BCUT2D eigenvalue weighted by Crippen LogP contribution is -2.22. The van der Waals surface area contributed by atoms with Gasteiger partial charge in [0.15, 0.2) is 0 Å².